The largest absolute Gasteiger partial charge is 0.497 e. The van der Waals surface area contributed by atoms with Gasteiger partial charge in [-0.2, -0.15) is 0 Å². The maximum absolute atomic E-state index is 5.19. The molecule has 1 unspecified atom stereocenters. The summed E-state index contributed by atoms with van der Waals surface area (Å²) in [4.78, 5) is 1.42. The second-order valence-corrected chi connectivity index (χ2v) is 5.80. The van der Waals surface area contributed by atoms with E-state index in [1.54, 1.807) is 7.11 Å². The third-order valence-corrected chi connectivity index (χ3v) is 4.61. The van der Waals surface area contributed by atoms with Crippen molar-refractivity contribution in [2.24, 2.45) is 0 Å². The molecule has 0 spiro atoms. The molecule has 1 aromatic carbocycles. The summed E-state index contributed by atoms with van der Waals surface area (Å²) in [5.74, 6) is 0.901. The molecule has 0 radical (unpaired) electrons. The lowest BCUT2D eigenvalue weighted by Crippen LogP contribution is -2.22. The second-order valence-electron chi connectivity index (χ2n) is 4.85. The number of thiophene rings is 1. The van der Waals surface area contributed by atoms with Gasteiger partial charge >= 0.3 is 0 Å². The zero-order chi connectivity index (χ0) is 13.8. The summed E-state index contributed by atoms with van der Waals surface area (Å²) in [5, 5.41) is 5.80. The van der Waals surface area contributed by atoms with Crippen LogP contribution in [0.1, 0.15) is 41.9 Å². The summed E-state index contributed by atoms with van der Waals surface area (Å²) in [5.41, 5.74) is 2.65. The first-order valence-electron chi connectivity index (χ1n) is 6.55. The predicted molar refractivity (Wildman–Crippen MR) is 82.0 cm³/mol. The summed E-state index contributed by atoms with van der Waals surface area (Å²) in [6, 6.07) is 11.1. The van der Waals surface area contributed by atoms with E-state index in [1.165, 1.54) is 16.0 Å². The van der Waals surface area contributed by atoms with Gasteiger partial charge in [-0.1, -0.05) is 12.1 Å². The van der Waals surface area contributed by atoms with E-state index in [1.807, 2.05) is 23.5 Å². The predicted octanol–water partition coefficient (Wildman–Crippen LogP) is 4.48. The Kier molecular flexibility index (Phi) is 4.61. The fourth-order valence-electron chi connectivity index (χ4n) is 2.27. The average molecular weight is 275 g/mol. The quantitative estimate of drug-likeness (QED) is 0.869. The van der Waals surface area contributed by atoms with Crippen LogP contribution in [-0.2, 0) is 0 Å². The highest BCUT2D eigenvalue weighted by Gasteiger charge is 2.13. The minimum Gasteiger partial charge on any atom is -0.497 e. The smallest absolute Gasteiger partial charge is 0.118 e. The topological polar surface area (TPSA) is 21.3 Å². The van der Waals surface area contributed by atoms with E-state index in [-0.39, 0.29) is 0 Å². The van der Waals surface area contributed by atoms with E-state index in [0.29, 0.717) is 12.1 Å². The van der Waals surface area contributed by atoms with E-state index in [2.05, 4.69) is 49.7 Å². The van der Waals surface area contributed by atoms with Gasteiger partial charge < -0.3 is 10.1 Å². The minimum atomic E-state index is 0.322. The standard InChI is InChI=1S/C16H21NOS/c1-11-9-10-19-16(11)13(3)17-12(2)14-5-7-15(18-4)8-6-14/h5-10,12-13,17H,1-4H3/t12-,13?/m0/s1. The molecule has 2 aromatic rings. The number of rotatable bonds is 5. The first-order valence-corrected chi connectivity index (χ1v) is 7.43. The van der Waals surface area contributed by atoms with Gasteiger partial charge in [-0.05, 0) is 55.5 Å². The number of nitrogens with one attached hydrogen (secondary N) is 1. The molecule has 2 rings (SSSR count). The van der Waals surface area contributed by atoms with Crippen molar-refractivity contribution in [1.82, 2.24) is 5.32 Å². The molecule has 1 heterocycles. The van der Waals surface area contributed by atoms with Gasteiger partial charge in [0.2, 0.25) is 0 Å². The first-order chi connectivity index (χ1) is 9.11. The SMILES string of the molecule is COc1ccc([C@H](C)NC(C)c2sccc2C)cc1. The van der Waals surface area contributed by atoms with Crippen LogP contribution in [0.5, 0.6) is 5.75 Å². The molecule has 0 bridgehead atoms. The van der Waals surface area contributed by atoms with Crippen molar-refractivity contribution in [2.45, 2.75) is 32.9 Å². The molecule has 1 N–H and O–H groups in total. The van der Waals surface area contributed by atoms with Crippen LogP contribution in [0, 0.1) is 6.92 Å². The van der Waals surface area contributed by atoms with Crippen LogP contribution < -0.4 is 10.1 Å². The Bertz CT molecular complexity index is 518. The number of hydrogen-bond acceptors (Lipinski definition) is 3. The molecule has 0 fully saturated rings. The first kappa shape index (κ1) is 14.1. The normalized spacial score (nSPS) is 14.1. The molecular formula is C16H21NOS. The van der Waals surface area contributed by atoms with Gasteiger partial charge in [-0.3, -0.25) is 0 Å². The van der Waals surface area contributed by atoms with Crippen molar-refractivity contribution in [1.29, 1.82) is 0 Å². The Labute approximate surface area is 119 Å². The van der Waals surface area contributed by atoms with Crippen LogP contribution in [0.15, 0.2) is 35.7 Å². The van der Waals surface area contributed by atoms with Crippen molar-refractivity contribution >= 4 is 11.3 Å². The third-order valence-electron chi connectivity index (χ3n) is 3.41. The van der Waals surface area contributed by atoms with Crippen molar-refractivity contribution in [3.05, 3.63) is 51.7 Å². The Morgan fingerprint density at radius 3 is 2.26 bits per heavy atom. The molecule has 0 saturated heterocycles. The molecular weight excluding hydrogens is 254 g/mol. The van der Waals surface area contributed by atoms with Gasteiger partial charge in [0.05, 0.1) is 7.11 Å². The molecule has 0 aliphatic heterocycles. The average Bonchev–Trinajstić information content (AvgIpc) is 2.85. The van der Waals surface area contributed by atoms with E-state index >= 15 is 0 Å². The van der Waals surface area contributed by atoms with Gasteiger partial charge in [0.25, 0.3) is 0 Å². The third kappa shape index (κ3) is 3.37. The molecule has 19 heavy (non-hydrogen) atoms. The Morgan fingerprint density at radius 1 is 1.05 bits per heavy atom. The fraction of sp³-hybridized carbons (Fsp3) is 0.375. The van der Waals surface area contributed by atoms with Crippen LogP contribution >= 0.6 is 11.3 Å². The Hall–Kier alpha value is -1.32. The lowest BCUT2D eigenvalue weighted by atomic mass is 10.1. The summed E-state index contributed by atoms with van der Waals surface area (Å²) in [7, 11) is 1.69. The molecule has 0 aliphatic rings. The molecule has 1 aromatic heterocycles. The fourth-order valence-corrected chi connectivity index (χ4v) is 3.21. The van der Waals surface area contributed by atoms with Crippen LogP contribution in [0.4, 0.5) is 0 Å². The molecule has 0 aliphatic carbocycles. The summed E-state index contributed by atoms with van der Waals surface area (Å²) in [6.45, 7) is 6.59. The number of aryl methyl sites for hydroxylation is 1. The van der Waals surface area contributed by atoms with Crippen molar-refractivity contribution < 1.29 is 4.74 Å². The molecule has 102 valence electrons. The highest BCUT2D eigenvalue weighted by Crippen LogP contribution is 2.26. The van der Waals surface area contributed by atoms with E-state index < -0.39 is 0 Å². The second kappa shape index (κ2) is 6.22. The van der Waals surface area contributed by atoms with Crippen molar-refractivity contribution in [3.63, 3.8) is 0 Å². The van der Waals surface area contributed by atoms with Gasteiger partial charge in [-0.15, -0.1) is 11.3 Å². The lowest BCUT2D eigenvalue weighted by Gasteiger charge is -2.20. The molecule has 3 heteroatoms. The molecule has 0 amide bonds. The zero-order valence-electron chi connectivity index (χ0n) is 11.9. The van der Waals surface area contributed by atoms with E-state index in [0.717, 1.165) is 5.75 Å². The van der Waals surface area contributed by atoms with Gasteiger partial charge in [0.15, 0.2) is 0 Å². The van der Waals surface area contributed by atoms with E-state index in [9.17, 15) is 0 Å². The minimum absolute atomic E-state index is 0.322. The zero-order valence-corrected chi connectivity index (χ0v) is 12.8. The molecule has 2 atom stereocenters. The summed E-state index contributed by atoms with van der Waals surface area (Å²) >= 11 is 1.82. The maximum atomic E-state index is 5.19. The maximum Gasteiger partial charge on any atom is 0.118 e. The Balaban J connectivity index is 2.04. The number of hydrogen-bond donors (Lipinski definition) is 1. The summed E-state index contributed by atoms with van der Waals surface area (Å²) in [6.07, 6.45) is 0. The van der Waals surface area contributed by atoms with Crippen LogP contribution in [0.2, 0.25) is 0 Å². The summed E-state index contributed by atoms with van der Waals surface area (Å²) < 4.78 is 5.19. The van der Waals surface area contributed by atoms with Crippen molar-refractivity contribution in [2.75, 3.05) is 7.11 Å². The molecule has 2 nitrogen and oxygen atoms in total. The number of benzene rings is 1. The number of methoxy groups -OCH3 is 1. The van der Waals surface area contributed by atoms with Gasteiger partial charge in [0.1, 0.15) is 5.75 Å². The highest BCUT2D eigenvalue weighted by molar-refractivity contribution is 7.10. The van der Waals surface area contributed by atoms with Gasteiger partial charge in [-0.25, -0.2) is 0 Å². The van der Waals surface area contributed by atoms with Crippen molar-refractivity contribution in [3.8, 4) is 5.75 Å². The van der Waals surface area contributed by atoms with Crippen LogP contribution in [0.25, 0.3) is 0 Å². The van der Waals surface area contributed by atoms with Crippen LogP contribution in [0.3, 0.4) is 0 Å². The highest BCUT2D eigenvalue weighted by atomic mass is 32.1. The van der Waals surface area contributed by atoms with E-state index in [4.69, 9.17) is 4.74 Å². The lowest BCUT2D eigenvalue weighted by molar-refractivity contribution is 0.414. The van der Waals surface area contributed by atoms with Gasteiger partial charge in [0, 0.05) is 17.0 Å². The Morgan fingerprint density at radius 2 is 1.74 bits per heavy atom. The number of ether oxygens (including phenoxy) is 1. The van der Waals surface area contributed by atoms with Crippen LogP contribution in [-0.4, -0.2) is 7.11 Å². The molecule has 0 saturated carbocycles. The monoisotopic (exact) mass is 275 g/mol.